The second-order valence-corrected chi connectivity index (χ2v) is 11.9. The lowest BCUT2D eigenvalue weighted by atomic mass is 9.83. The van der Waals surface area contributed by atoms with E-state index < -0.39 is 11.9 Å². The molecule has 0 radical (unpaired) electrons. The molecule has 1 fully saturated rings. The van der Waals surface area contributed by atoms with E-state index in [0.717, 1.165) is 57.4 Å². The Morgan fingerprint density at radius 2 is 1.60 bits per heavy atom. The first-order valence-corrected chi connectivity index (χ1v) is 15.2. The summed E-state index contributed by atoms with van der Waals surface area (Å²) in [5, 5.41) is 15.6. The zero-order valence-corrected chi connectivity index (χ0v) is 24.1. The maximum absolute atomic E-state index is 13.3. The molecule has 0 bridgehead atoms. The smallest absolute Gasteiger partial charge is 0.328 e. The van der Waals surface area contributed by atoms with E-state index in [-0.39, 0.29) is 5.92 Å². The van der Waals surface area contributed by atoms with Gasteiger partial charge < -0.3 is 14.8 Å². The number of ketones is 2. The van der Waals surface area contributed by atoms with Crippen LogP contribution in [-0.2, 0) is 40.3 Å². The highest BCUT2D eigenvalue weighted by atomic mass is 16.4. The number of carbonyl (C=O) groups is 4. The minimum Gasteiger partial charge on any atom is -0.478 e. The normalized spacial score (nSPS) is 20.2. The molecule has 0 saturated carbocycles. The molecular formula is C34H40N2O6. The Balaban J connectivity index is 0.000000390. The lowest BCUT2D eigenvalue weighted by Gasteiger charge is -2.32. The van der Waals surface area contributed by atoms with Crippen LogP contribution in [0, 0.1) is 11.8 Å². The minimum absolute atomic E-state index is 0.0138. The number of carboxylic acids is 2. The van der Waals surface area contributed by atoms with Crippen LogP contribution < -0.4 is 0 Å². The Kier molecular flexibility index (Phi) is 9.52. The second kappa shape index (κ2) is 13.5. The van der Waals surface area contributed by atoms with Crippen LogP contribution in [-0.4, -0.2) is 56.3 Å². The third kappa shape index (κ3) is 6.98. The molecule has 42 heavy (non-hydrogen) atoms. The van der Waals surface area contributed by atoms with E-state index in [9.17, 15) is 19.2 Å². The van der Waals surface area contributed by atoms with Gasteiger partial charge >= 0.3 is 11.9 Å². The molecule has 0 amide bonds. The number of fused-ring (bicyclic) bond motifs is 3. The molecule has 1 unspecified atom stereocenters. The van der Waals surface area contributed by atoms with Crippen LogP contribution in [0.1, 0.15) is 84.2 Å². The molecule has 0 spiro atoms. The van der Waals surface area contributed by atoms with Gasteiger partial charge in [-0.1, -0.05) is 36.4 Å². The lowest BCUT2D eigenvalue weighted by molar-refractivity contribution is -0.134. The van der Waals surface area contributed by atoms with Crippen molar-refractivity contribution in [2.75, 3.05) is 13.1 Å². The highest BCUT2D eigenvalue weighted by Crippen LogP contribution is 2.43. The summed E-state index contributed by atoms with van der Waals surface area (Å²) in [5.41, 5.74) is 7.52. The fourth-order valence-corrected chi connectivity index (χ4v) is 7.00. The van der Waals surface area contributed by atoms with E-state index in [1.807, 2.05) is 0 Å². The first kappa shape index (κ1) is 29.7. The predicted molar refractivity (Wildman–Crippen MR) is 159 cm³/mol. The van der Waals surface area contributed by atoms with Gasteiger partial charge in [0.05, 0.1) is 11.6 Å². The number of hydrogen-bond acceptors (Lipinski definition) is 5. The SMILES string of the molecule is O=C(O)/C=C/C(=O)O.O=C1CCC2=CC(C(=O)CCC3CCN(Cc4ccccc4)CC3)Cn3c4c(c1c32)CCCC4. The van der Waals surface area contributed by atoms with Crippen molar-refractivity contribution in [3.63, 3.8) is 0 Å². The van der Waals surface area contributed by atoms with Gasteiger partial charge in [-0.15, -0.1) is 0 Å². The molecule has 1 aromatic heterocycles. The number of nitrogens with zero attached hydrogens (tertiary/aromatic N) is 2. The summed E-state index contributed by atoms with van der Waals surface area (Å²) in [6.07, 6.45) is 13.4. The van der Waals surface area contributed by atoms with Crippen molar-refractivity contribution in [3.8, 4) is 0 Å². The highest BCUT2D eigenvalue weighted by molar-refractivity contribution is 6.06. The Labute approximate surface area is 246 Å². The van der Waals surface area contributed by atoms with Gasteiger partial charge in [-0.25, -0.2) is 9.59 Å². The Hall–Kier alpha value is -3.78. The summed E-state index contributed by atoms with van der Waals surface area (Å²) in [5.74, 6) is -1.13. The molecule has 4 aliphatic rings. The zero-order chi connectivity index (χ0) is 29.6. The summed E-state index contributed by atoms with van der Waals surface area (Å²) in [6.45, 7) is 4.06. The van der Waals surface area contributed by atoms with Gasteiger partial charge in [0.2, 0.25) is 0 Å². The van der Waals surface area contributed by atoms with Crippen molar-refractivity contribution >= 4 is 29.1 Å². The van der Waals surface area contributed by atoms with Gasteiger partial charge in [0.1, 0.15) is 5.78 Å². The number of hydrogen-bond donors (Lipinski definition) is 2. The van der Waals surface area contributed by atoms with Crippen LogP contribution in [0.25, 0.3) is 5.57 Å². The van der Waals surface area contributed by atoms with Crippen LogP contribution in [0.2, 0.25) is 0 Å². The van der Waals surface area contributed by atoms with Gasteiger partial charge in [0.25, 0.3) is 0 Å². The number of aromatic nitrogens is 1. The first-order valence-electron chi connectivity index (χ1n) is 15.2. The molecule has 1 atom stereocenters. The van der Waals surface area contributed by atoms with Gasteiger partial charge in [0.15, 0.2) is 5.78 Å². The van der Waals surface area contributed by atoms with E-state index in [4.69, 9.17) is 10.2 Å². The summed E-state index contributed by atoms with van der Waals surface area (Å²) < 4.78 is 2.39. The van der Waals surface area contributed by atoms with Crippen LogP contribution in [0.15, 0.2) is 48.6 Å². The Bertz CT molecular complexity index is 1380. The molecule has 2 aliphatic heterocycles. The van der Waals surface area contributed by atoms with Crippen LogP contribution in [0.3, 0.4) is 0 Å². The average molecular weight is 573 g/mol. The van der Waals surface area contributed by atoms with E-state index in [2.05, 4.69) is 45.9 Å². The third-order valence-electron chi connectivity index (χ3n) is 9.10. The van der Waals surface area contributed by atoms with E-state index >= 15 is 0 Å². The maximum Gasteiger partial charge on any atom is 0.328 e. The van der Waals surface area contributed by atoms with Crippen LogP contribution in [0.5, 0.6) is 0 Å². The number of allylic oxidation sites excluding steroid dienone is 2. The van der Waals surface area contributed by atoms with E-state index in [0.29, 0.717) is 42.5 Å². The largest absolute Gasteiger partial charge is 0.478 e. The summed E-state index contributed by atoms with van der Waals surface area (Å²) in [6, 6.07) is 10.7. The molecule has 8 heteroatoms. The Morgan fingerprint density at radius 1 is 0.905 bits per heavy atom. The maximum atomic E-state index is 13.3. The fraction of sp³-hybridized carbons (Fsp3) is 0.471. The van der Waals surface area contributed by atoms with Crippen molar-refractivity contribution in [1.29, 1.82) is 0 Å². The number of rotatable bonds is 8. The monoisotopic (exact) mass is 572 g/mol. The predicted octanol–water partition coefficient (Wildman–Crippen LogP) is 5.33. The van der Waals surface area contributed by atoms with Crippen molar-refractivity contribution < 1.29 is 29.4 Å². The van der Waals surface area contributed by atoms with Crippen molar-refractivity contribution in [3.05, 3.63) is 76.6 Å². The molecular weight excluding hydrogens is 532 g/mol. The number of carbonyl (C=O) groups excluding carboxylic acids is 2. The number of likely N-dealkylation sites (tertiary alicyclic amines) is 1. The first-order chi connectivity index (χ1) is 20.3. The van der Waals surface area contributed by atoms with Crippen LogP contribution in [0.4, 0.5) is 0 Å². The second-order valence-electron chi connectivity index (χ2n) is 11.9. The van der Waals surface area contributed by atoms with Crippen LogP contribution >= 0.6 is 0 Å². The van der Waals surface area contributed by atoms with E-state index in [1.54, 1.807) is 0 Å². The number of benzene rings is 1. The summed E-state index contributed by atoms with van der Waals surface area (Å²) >= 11 is 0. The number of piperidine rings is 1. The number of carboxylic acid groups (broad SMARTS) is 2. The molecule has 3 heterocycles. The lowest BCUT2D eigenvalue weighted by Crippen LogP contribution is -2.33. The molecule has 2 N–H and O–H groups in total. The standard InChI is InChI=1S/C30H36N2O2.C4H4O4/c33-27(12-10-21-14-16-31(17-15-21)19-22-6-2-1-3-7-22)24-18-23-11-13-28(34)29-25-8-4-5-9-26(25)32(20-24)30(23)29;5-3(6)1-2-4(7)8/h1-3,6-7,18,21,24H,4-5,8-17,19-20H2;1-2H,(H,5,6)(H,7,8)/b;2-1+. The van der Waals surface area contributed by atoms with Gasteiger partial charge in [-0.3, -0.25) is 14.5 Å². The van der Waals surface area contributed by atoms with Gasteiger partial charge in [0, 0.05) is 49.3 Å². The third-order valence-corrected chi connectivity index (χ3v) is 9.10. The van der Waals surface area contributed by atoms with Crippen molar-refractivity contribution in [2.45, 2.75) is 77.3 Å². The van der Waals surface area contributed by atoms with Gasteiger partial charge in [-0.05, 0) is 87.1 Å². The zero-order valence-electron chi connectivity index (χ0n) is 24.1. The summed E-state index contributed by atoms with van der Waals surface area (Å²) in [7, 11) is 0. The fourth-order valence-electron chi connectivity index (χ4n) is 7.00. The summed E-state index contributed by atoms with van der Waals surface area (Å²) in [4.78, 5) is 47.8. The van der Waals surface area contributed by atoms with Crippen molar-refractivity contribution in [2.24, 2.45) is 11.8 Å². The molecule has 2 aromatic rings. The molecule has 222 valence electrons. The Morgan fingerprint density at radius 3 is 2.29 bits per heavy atom. The topological polar surface area (TPSA) is 117 Å². The van der Waals surface area contributed by atoms with Crippen molar-refractivity contribution in [1.82, 2.24) is 9.47 Å². The minimum atomic E-state index is -1.26. The molecule has 8 nitrogen and oxygen atoms in total. The molecule has 1 aromatic carbocycles. The van der Waals surface area contributed by atoms with Gasteiger partial charge in [-0.2, -0.15) is 0 Å². The number of aliphatic carboxylic acids is 2. The van der Waals surface area contributed by atoms with E-state index in [1.165, 1.54) is 53.8 Å². The average Bonchev–Trinajstić information content (AvgIpc) is 3.34. The molecule has 6 rings (SSSR count). The number of Topliss-reactive ketones (excluding diaryl/α,β-unsaturated/α-hetero) is 2. The molecule has 2 aliphatic carbocycles. The molecule has 1 saturated heterocycles. The quantitative estimate of drug-likeness (QED) is 0.411. The highest BCUT2D eigenvalue weighted by Gasteiger charge is 2.37.